The van der Waals surface area contributed by atoms with Gasteiger partial charge in [-0.1, -0.05) is 16.7 Å². The molecule has 0 bridgehead atoms. The number of aromatic nitrogens is 2. The number of ether oxygens (including phenoxy) is 2. The summed E-state index contributed by atoms with van der Waals surface area (Å²) in [5.74, 6) is -0.483. The van der Waals surface area contributed by atoms with Crippen LogP contribution >= 0.6 is 11.6 Å². The topological polar surface area (TPSA) is 102 Å². The molecule has 2 saturated heterocycles. The lowest BCUT2D eigenvalue weighted by molar-refractivity contribution is -0.367. The zero-order valence-electron chi connectivity index (χ0n) is 18.0. The number of nitrogens with zero attached hydrogens (tertiary/aromatic N) is 3. The predicted molar refractivity (Wildman–Crippen MR) is 111 cm³/mol. The molecule has 14 heteroatoms. The van der Waals surface area contributed by atoms with Crippen LogP contribution in [0.5, 0.6) is 5.75 Å². The van der Waals surface area contributed by atoms with Gasteiger partial charge in [0.05, 0.1) is 24.2 Å². The Morgan fingerprint density at radius 3 is 2.76 bits per heavy atom. The molecule has 3 heterocycles. The molecule has 4 rings (SSSR count). The van der Waals surface area contributed by atoms with Gasteiger partial charge < -0.3 is 24.7 Å². The van der Waals surface area contributed by atoms with Crippen molar-refractivity contribution in [2.75, 3.05) is 31.1 Å². The quantitative estimate of drug-likeness (QED) is 0.552. The Bertz CT molecular complexity index is 1020. The summed E-state index contributed by atoms with van der Waals surface area (Å²) in [5.41, 5.74) is -1.35. The van der Waals surface area contributed by atoms with E-state index in [0.29, 0.717) is 25.3 Å². The third-order valence-electron chi connectivity index (χ3n) is 5.45. The fourth-order valence-corrected chi connectivity index (χ4v) is 4.03. The second-order valence-corrected chi connectivity index (χ2v) is 8.85. The Balaban J connectivity index is 1.20. The van der Waals surface area contributed by atoms with Gasteiger partial charge in [0.25, 0.3) is 5.91 Å². The molecule has 1 aromatic carbocycles. The van der Waals surface area contributed by atoms with Crippen LogP contribution in [0.1, 0.15) is 31.7 Å². The molecular weight excluding hydrogens is 486 g/mol. The van der Waals surface area contributed by atoms with E-state index in [-0.39, 0.29) is 54.5 Å². The molecule has 2 atom stereocenters. The maximum absolute atomic E-state index is 13.4. The first-order chi connectivity index (χ1) is 16.0. The summed E-state index contributed by atoms with van der Waals surface area (Å²) < 4.78 is 65.8. The molecule has 0 radical (unpaired) electrons. The summed E-state index contributed by atoms with van der Waals surface area (Å²) in [5, 5.41) is 13.9. The maximum Gasteiger partial charge on any atom is 0.523 e. The molecule has 1 amide bonds. The van der Waals surface area contributed by atoms with Crippen LogP contribution in [0.2, 0.25) is 5.02 Å². The van der Waals surface area contributed by atoms with Crippen molar-refractivity contribution in [3.8, 4) is 5.75 Å². The zero-order valence-corrected chi connectivity index (χ0v) is 18.7. The van der Waals surface area contributed by atoms with Crippen molar-refractivity contribution in [1.29, 1.82) is 0 Å². The van der Waals surface area contributed by atoms with Gasteiger partial charge in [0.15, 0.2) is 6.61 Å². The number of nitrogens with one attached hydrogen (secondary N) is 2. The van der Waals surface area contributed by atoms with Gasteiger partial charge in [-0.15, -0.1) is 18.3 Å². The van der Waals surface area contributed by atoms with E-state index in [2.05, 4.69) is 25.6 Å². The van der Waals surface area contributed by atoms with Crippen molar-refractivity contribution in [3.05, 3.63) is 34.9 Å². The Morgan fingerprint density at radius 2 is 2.12 bits per heavy atom. The first-order valence-corrected chi connectivity index (χ1v) is 10.8. The molecule has 2 N–H and O–H groups in total. The number of hydrogen-bond donors (Lipinski definition) is 2. The first-order valence-electron chi connectivity index (χ1n) is 10.5. The van der Waals surface area contributed by atoms with E-state index in [0.717, 1.165) is 6.07 Å². The van der Waals surface area contributed by atoms with Crippen LogP contribution in [0.25, 0.3) is 0 Å². The van der Waals surface area contributed by atoms with Gasteiger partial charge >= 0.3 is 12.4 Å². The van der Waals surface area contributed by atoms with E-state index >= 15 is 0 Å². The van der Waals surface area contributed by atoms with E-state index in [9.17, 15) is 22.4 Å². The molecule has 2 fully saturated rings. The van der Waals surface area contributed by atoms with Crippen LogP contribution in [0.3, 0.4) is 0 Å². The highest BCUT2D eigenvalue weighted by molar-refractivity contribution is 6.30. The lowest BCUT2D eigenvalue weighted by atomic mass is 9.97. The molecule has 1 aromatic heterocycles. The molecule has 2 aromatic rings. The molecular formula is C20H22ClF4N5O4. The zero-order chi connectivity index (χ0) is 24.5. The Labute approximate surface area is 196 Å². The van der Waals surface area contributed by atoms with Gasteiger partial charge in [0.1, 0.15) is 17.2 Å². The SMILES string of the molecule is CC1(OC(F)(F)F)CN(c2nnc([C@H]3CC[C@H](NC(=O)COc4ccc(Cl)c(F)c4)CN3)o2)C1. The van der Waals surface area contributed by atoms with Gasteiger partial charge in [-0.2, -0.15) is 0 Å². The lowest BCUT2D eigenvalue weighted by Gasteiger charge is -2.46. The Kier molecular flexibility index (Phi) is 6.87. The van der Waals surface area contributed by atoms with Crippen LogP contribution in [0.4, 0.5) is 23.6 Å². The van der Waals surface area contributed by atoms with Crippen molar-refractivity contribution >= 4 is 23.5 Å². The van der Waals surface area contributed by atoms with Crippen LogP contribution < -0.4 is 20.3 Å². The number of hydrogen-bond acceptors (Lipinski definition) is 8. The normalized spacial score (nSPS) is 22.2. The number of alkyl halides is 3. The molecule has 34 heavy (non-hydrogen) atoms. The van der Waals surface area contributed by atoms with E-state index < -0.39 is 17.8 Å². The van der Waals surface area contributed by atoms with Crippen LogP contribution in [-0.2, 0) is 9.53 Å². The third kappa shape index (κ3) is 6.07. The molecule has 2 aliphatic heterocycles. The highest BCUT2D eigenvalue weighted by atomic mass is 35.5. The molecule has 0 unspecified atom stereocenters. The highest BCUT2D eigenvalue weighted by Gasteiger charge is 2.49. The van der Waals surface area contributed by atoms with Crippen molar-refractivity contribution in [2.45, 2.75) is 43.8 Å². The fourth-order valence-electron chi connectivity index (χ4n) is 3.91. The largest absolute Gasteiger partial charge is 0.523 e. The number of amides is 1. The number of halogens is 5. The molecule has 186 valence electrons. The van der Waals surface area contributed by atoms with Crippen LogP contribution in [0, 0.1) is 5.82 Å². The summed E-state index contributed by atoms with van der Waals surface area (Å²) in [6.45, 7) is 1.48. The van der Waals surface area contributed by atoms with Crippen molar-refractivity contribution in [1.82, 2.24) is 20.8 Å². The second kappa shape index (κ2) is 9.55. The molecule has 0 aliphatic carbocycles. The summed E-state index contributed by atoms with van der Waals surface area (Å²) in [6.07, 6.45) is -3.50. The van der Waals surface area contributed by atoms with E-state index in [1.165, 1.54) is 24.0 Å². The van der Waals surface area contributed by atoms with Crippen molar-refractivity contribution in [2.24, 2.45) is 0 Å². The molecule has 2 aliphatic rings. The smallest absolute Gasteiger partial charge is 0.484 e. The fraction of sp³-hybridized carbons (Fsp3) is 0.550. The van der Waals surface area contributed by atoms with Crippen molar-refractivity contribution < 1.29 is 36.2 Å². The minimum Gasteiger partial charge on any atom is -0.484 e. The van der Waals surface area contributed by atoms with E-state index in [1.54, 1.807) is 0 Å². The molecule has 0 spiro atoms. The lowest BCUT2D eigenvalue weighted by Crippen LogP contribution is -2.63. The third-order valence-corrected chi connectivity index (χ3v) is 5.76. The highest BCUT2D eigenvalue weighted by Crippen LogP contribution is 2.35. The second-order valence-electron chi connectivity index (χ2n) is 8.44. The summed E-state index contributed by atoms with van der Waals surface area (Å²) in [6, 6.07) is 3.63. The molecule has 9 nitrogen and oxygen atoms in total. The van der Waals surface area contributed by atoms with Crippen LogP contribution in [-0.4, -0.2) is 60.4 Å². The monoisotopic (exact) mass is 507 g/mol. The van der Waals surface area contributed by atoms with Crippen LogP contribution in [0.15, 0.2) is 22.6 Å². The minimum atomic E-state index is -4.71. The molecule has 0 saturated carbocycles. The number of piperidine rings is 1. The average molecular weight is 508 g/mol. The first kappa shape index (κ1) is 24.5. The number of anilines is 1. The average Bonchev–Trinajstić information content (AvgIpc) is 3.22. The summed E-state index contributed by atoms with van der Waals surface area (Å²) in [7, 11) is 0. The Morgan fingerprint density at radius 1 is 1.35 bits per heavy atom. The maximum atomic E-state index is 13.4. The van der Waals surface area contributed by atoms with E-state index in [1.807, 2.05) is 0 Å². The number of benzene rings is 1. The van der Waals surface area contributed by atoms with Gasteiger partial charge in [-0.25, -0.2) is 4.39 Å². The minimum absolute atomic E-state index is 0.0227. The predicted octanol–water partition coefficient (Wildman–Crippen LogP) is 2.97. The van der Waals surface area contributed by atoms with Gasteiger partial charge in [0.2, 0.25) is 5.89 Å². The van der Waals surface area contributed by atoms with Gasteiger partial charge in [-0.3, -0.25) is 9.53 Å². The van der Waals surface area contributed by atoms with Gasteiger partial charge in [-0.05, 0) is 31.9 Å². The number of carbonyl (C=O) groups excluding carboxylic acids is 1. The number of carbonyl (C=O) groups is 1. The summed E-state index contributed by atoms with van der Waals surface area (Å²) >= 11 is 5.61. The standard InChI is InChI=1S/C20H22ClF4N5O4/c1-19(34-20(23,24)25)9-30(10-19)18-29-28-17(33-18)15-5-2-11(7-26-15)27-16(31)8-32-12-3-4-13(21)14(22)6-12/h3-4,6,11,15,26H,2,5,7-10H2,1H3,(H,27,31)/t11-,15+/m0/s1. The van der Waals surface area contributed by atoms with Crippen molar-refractivity contribution in [3.63, 3.8) is 0 Å². The van der Waals surface area contributed by atoms with E-state index in [4.69, 9.17) is 20.8 Å². The Hall–Kier alpha value is -2.64. The summed E-state index contributed by atoms with van der Waals surface area (Å²) in [4.78, 5) is 13.6. The number of rotatable bonds is 7. The van der Waals surface area contributed by atoms with Gasteiger partial charge in [0, 0.05) is 18.7 Å².